The van der Waals surface area contributed by atoms with Crippen LogP contribution >= 0.6 is 0 Å². The average Bonchev–Trinajstić information content (AvgIpc) is 3.05. The lowest BCUT2D eigenvalue weighted by Crippen LogP contribution is -2.15. The van der Waals surface area contributed by atoms with Crippen molar-refractivity contribution in [1.82, 2.24) is 5.43 Å². The Labute approximate surface area is 161 Å². The molecule has 0 saturated heterocycles. The van der Waals surface area contributed by atoms with Crippen LogP contribution in [0.4, 0.5) is 5.69 Å². The Morgan fingerprint density at radius 3 is 2.54 bits per heavy atom. The number of hydrogen-bond donors (Lipinski definition) is 3. The van der Waals surface area contributed by atoms with Crippen LogP contribution in [0.5, 0.6) is 11.5 Å². The molecular formula is C18H18N4O5S. The van der Waals surface area contributed by atoms with Crippen molar-refractivity contribution in [3.8, 4) is 11.5 Å². The van der Waals surface area contributed by atoms with Crippen molar-refractivity contribution in [2.45, 2.75) is 4.90 Å². The molecule has 1 aliphatic heterocycles. The van der Waals surface area contributed by atoms with Gasteiger partial charge in [0.05, 0.1) is 24.7 Å². The molecule has 28 heavy (non-hydrogen) atoms. The van der Waals surface area contributed by atoms with Gasteiger partial charge in [0.15, 0.2) is 11.5 Å². The third-order valence-corrected chi connectivity index (χ3v) is 4.88. The van der Waals surface area contributed by atoms with Gasteiger partial charge in [0, 0.05) is 17.5 Å². The van der Waals surface area contributed by atoms with Gasteiger partial charge in [-0.2, -0.15) is 5.10 Å². The highest BCUT2D eigenvalue weighted by Crippen LogP contribution is 2.29. The van der Waals surface area contributed by atoms with Gasteiger partial charge >= 0.3 is 0 Å². The van der Waals surface area contributed by atoms with E-state index in [0.717, 1.165) is 0 Å². The summed E-state index contributed by atoms with van der Waals surface area (Å²) in [6.45, 7) is 0. The standard InChI is InChI=1S/C18H18N4O5S/c1-26-15-7-6-11(8-16(15)27-2)17-14(18(23)22-21-17)10-20-12-4-3-5-13(9-12)28(19,24)25/h3-10,20H,1-2H3,(H,22,23)(H2,19,24,25). The molecule has 2 aromatic carbocycles. The third kappa shape index (κ3) is 3.97. The topological polar surface area (TPSA) is 132 Å². The summed E-state index contributed by atoms with van der Waals surface area (Å²) in [5, 5.41) is 12.1. The maximum absolute atomic E-state index is 12.2. The molecule has 0 saturated carbocycles. The van der Waals surface area contributed by atoms with Gasteiger partial charge in [-0.15, -0.1) is 0 Å². The maximum atomic E-state index is 12.2. The fourth-order valence-electron chi connectivity index (χ4n) is 2.59. The zero-order valence-corrected chi connectivity index (χ0v) is 15.9. The Kier molecular flexibility index (Phi) is 5.34. The van der Waals surface area contributed by atoms with Crippen LogP contribution in [0.2, 0.25) is 0 Å². The van der Waals surface area contributed by atoms with Crippen LogP contribution in [0.15, 0.2) is 64.2 Å². The van der Waals surface area contributed by atoms with E-state index in [1.54, 1.807) is 30.3 Å². The Morgan fingerprint density at radius 1 is 1.11 bits per heavy atom. The Hall–Kier alpha value is -3.37. The van der Waals surface area contributed by atoms with E-state index in [2.05, 4.69) is 15.8 Å². The lowest BCUT2D eigenvalue weighted by atomic mass is 10.0. The van der Waals surface area contributed by atoms with Crippen molar-refractivity contribution < 1.29 is 22.7 Å². The van der Waals surface area contributed by atoms with Crippen molar-refractivity contribution in [2.24, 2.45) is 10.2 Å². The van der Waals surface area contributed by atoms with Gasteiger partial charge in [-0.25, -0.2) is 19.0 Å². The predicted molar refractivity (Wildman–Crippen MR) is 104 cm³/mol. The second kappa shape index (κ2) is 7.71. The van der Waals surface area contributed by atoms with E-state index in [-0.39, 0.29) is 10.5 Å². The number of amides is 1. The van der Waals surface area contributed by atoms with Crippen molar-refractivity contribution in [3.05, 3.63) is 59.8 Å². The lowest BCUT2D eigenvalue weighted by molar-refractivity contribution is -0.116. The smallest absolute Gasteiger partial charge is 0.275 e. The number of nitrogens with zero attached hydrogens (tertiary/aromatic N) is 1. The largest absolute Gasteiger partial charge is 0.493 e. The predicted octanol–water partition coefficient (Wildman–Crippen LogP) is 1.18. The van der Waals surface area contributed by atoms with Crippen LogP contribution in [0.1, 0.15) is 5.56 Å². The molecule has 1 amide bonds. The number of carbonyl (C=O) groups is 1. The molecule has 1 heterocycles. The number of anilines is 1. The summed E-state index contributed by atoms with van der Waals surface area (Å²) >= 11 is 0. The Balaban J connectivity index is 1.91. The fraction of sp³-hybridized carbons (Fsp3) is 0.111. The van der Waals surface area contributed by atoms with Gasteiger partial charge in [-0.3, -0.25) is 4.79 Å². The maximum Gasteiger partial charge on any atom is 0.275 e. The van der Waals surface area contributed by atoms with E-state index in [1.807, 2.05) is 0 Å². The van der Waals surface area contributed by atoms with Gasteiger partial charge in [0.25, 0.3) is 5.91 Å². The summed E-state index contributed by atoms with van der Waals surface area (Å²) in [5.41, 5.74) is 4.17. The zero-order valence-electron chi connectivity index (χ0n) is 15.1. The highest BCUT2D eigenvalue weighted by molar-refractivity contribution is 7.89. The molecule has 2 aromatic rings. The highest BCUT2D eigenvalue weighted by Gasteiger charge is 2.25. The summed E-state index contributed by atoms with van der Waals surface area (Å²) < 4.78 is 33.4. The molecule has 3 rings (SSSR count). The van der Waals surface area contributed by atoms with Gasteiger partial charge in [-0.05, 0) is 36.4 Å². The quantitative estimate of drug-likeness (QED) is 0.622. The third-order valence-electron chi connectivity index (χ3n) is 3.97. The molecule has 9 nitrogen and oxygen atoms in total. The Morgan fingerprint density at radius 2 is 1.86 bits per heavy atom. The summed E-state index contributed by atoms with van der Waals surface area (Å²) in [4.78, 5) is 12.1. The number of carbonyl (C=O) groups excluding carboxylic acids is 1. The first-order valence-electron chi connectivity index (χ1n) is 8.04. The van der Waals surface area contributed by atoms with Gasteiger partial charge in [0.2, 0.25) is 10.0 Å². The molecule has 0 atom stereocenters. The fourth-order valence-corrected chi connectivity index (χ4v) is 3.15. The number of hydrazone groups is 1. The number of hydrogen-bond acceptors (Lipinski definition) is 7. The second-order valence-electron chi connectivity index (χ2n) is 5.75. The molecule has 0 radical (unpaired) electrons. The SMILES string of the molecule is COc1ccc(C2=NNC(=O)C2=CNc2cccc(S(N)(=O)=O)c2)cc1OC. The molecule has 0 aliphatic carbocycles. The van der Waals surface area contributed by atoms with Crippen molar-refractivity contribution in [2.75, 3.05) is 19.5 Å². The van der Waals surface area contributed by atoms with E-state index in [4.69, 9.17) is 14.6 Å². The molecule has 0 bridgehead atoms. The first kappa shape index (κ1) is 19.4. The number of primary sulfonamides is 1. The van der Waals surface area contributed by atoms with E-state index in [9.17, 15) is 13.2 Å². The molecule has 0 spiro atoms. The number of ether oxygens (including phenoxy) is 2. The number of sulfonamides is 1. The number of rotatable bonds is 6. The number of benzene rings is 2. The minimum absolute atomic E-state index is 0.0412. The first-order chi connectivity index (χ1) is 13.3. The van der Waals surface area contributed by atoms with Gasteiger partial charge < -0.3 is 14.8 Å². The molecule has 10 heteroatoms. The molecule has 4 N–H and O–H groups in total. The monoisotopic (exact) mass is 402 g/mol. The molecule has 1 aliphatic rings. The summed E-state index contributed by atoms with van der Waals surface area (Å²) in [6.07, 6.45) is 1.44. The zero-order chi connectivity index (χ0) is 20.3. The Bertz CT molecular complexity index is 1090. The second-order valence-corrected chi connectivity index (χ2v) is 7.31. The molecule has 0 aromatic heterocycles. The molecule has 0 fully saturated rings. The molecular weight excluding hydrogens is 384 g/mol. The van der Waals surface area contributed by atoms with Crippen molar-refractivity contribution in [1.29, 1.82) is 0 Å². The van der Waals surface area contributed by atoms with Crippen molar-refractivity contribution >= 4 is 27.3 Å². The first-order valence-corrected chi connectivity index (χ1v) is 9.58. The minimum Gasteiger partial charge on any atom is -0.493 e. The summed E-state index contributed by atoms with van der Waals surface area (Å²) in [6, 6.07) is 11.1. The number of methoxy groups -OCH3 is 2. The summed E-state index contributed by atoms with van der Waals surface area (Å²) in [7, 11) is -0.790. The van der Waals surface area contributed by atoms with Crippen molar-refractivity contribution in [3.63, 3.8) is 0 Å². The molecule has 146 valence electrons. The molecule has 0 unspecified atom stereocenters. The number of nitrogens with two attached hydrogens (primary N) is 1. The van der Waals surface area contributed by atoms with E-state index in [1.165, 1.54) is 32.6 Å². The van der Waals surface area contributed by atoms with Gasteiger partial charge in [-0.1, -0.05) is 6.07 Å². The number of nitrogens with one attached hydrogen (secondary N) is 2. The summed E-state index contributed by atoms with van der Waals surface area (Å²) in [5.74, 6) is 0.641. The van der Waals surface area contributed by atoms with E-state index < -0.39 is 15.9 Å². The van der Waals surface area contributed by atoms with Gasteiger partial charge in [0.1, 0.15) is 5.71 Å². The minimum atomic E-state index is -3.83. The van der Waals surface area contributed by atoms with Crippen LogP contribution < -0.4 is 25.4 Å². The average molecular weight is 402 g/mol. The lowest BCUT2D eigenvalue weighted by Gasteiger charge is -2.10. The highest BCUT2D eigenvalue weighted by atomic mass is 32.2. The normalized spacial score (nSPS) is 15.2. The van der Waals surface area contributed by atoms with Crippen LogP contribution in [0, 0.1) is 0 Å². The van der Waals surface area contributed by atoms with Crippen LogP contribution in [-0.4, -0.2) is 34.3 Å². The van der Waals surface area contributed by atoms with Crippen LogP contribution in [0.25, 0.3) is 0 Å². The van der Waals surface area contributed by atoms with Crippen LogP contribution in [-0.2, 0) is 14.8 Å². The van der Waals surface area contributed by atoms with E-state index in [0.29, 0.717) is 28.5 Å². The van der Waals surface area contributed by atoms with Crippen LogP contribution in [0.3, 0.4) is 0 Å². The van der Waals surface area contributed by atoms with E-state index >= 15 is 0 Å².